The predicted molar refractivity (Wildman–Crippen MR) is 120 cm³/mol. The Morgan fingerprint density at radius 3 is 2.65 bits per heavy atom. The molecule has 2 fully saturated rings. The quantitative estimate of drug-likeness (QED) is 0.558. The van der Waals surface area contributed by atoms with Gasteiger partial charge in [0.25, 0.3) is 0 Å². The van der Waals surface area contributed by atoms with Gasteiger partial charge in [0, 0.05) is 50.4 Å². The van der Waals surface area contributed by atoms with Crippen LogP contribution in [0.1, 0.15) is 35.8 Å². The van der Waals surface area contributed by atoms with Crippen LogP contribution in [0.5, 0.6) is 0 Å². The van der Waals surface area contributed by atoms with E-state index in [2.05, 4.69) is 26.9 Å². The standard InChI is InChI=1S/C22H29F3N8O/c1-15-17(10-27-30(15)2)12-31-5-3-4-16(11-31)19-28-20(32-6-8-34-9-7-32)18-21(29-19)33(14-26-18)13-22(23,24)25/h10,14,16H,3-9,11-13H2,1-2H3. The van der Waals surface area contributed by atoms with Crippen LogP contribution in [0, 0.1) is 6.92 Å². The number of piperidine rings is 1. The Kier molecular flexibility index (Phi) is 6.19. The number of aromatic nitrogens is 6. The van der Waals surface area contributed by atoms with E-state index in [0.717, 1.165) is 42.7 Å². The van der Waals surface area contributed by atoms with Crippen molar-refractivity contribution in [2.24, 2.45) is 7.05 Å². The van der Waals surface area contributed by atoms with E-state index in [0.29, 0.717) is 43.5 Å². The van der Waals surface area contributed by atoms with Crippen molar-refractivity contribution < 1.29 is 17.9 Å². The zero-order valence-electron chi connectivity index (χ0n) is 19.4. The number of rotatable bonds is 5. The molecule has 12 heteroatoms. The van der Waals surface area contributed by atoms with E-state index in [-0.39, 0.29) is 11.6 Å². The molecule has 184 valence electrons. The van der Waals surface area contributed by atoms with Crippen LogP contribution in [0.15, 0.2) is 12.5 Å². The number of halogens is 3. The van der Waals surface area contributed by atoms with Gasteiger partial charge in [0.1, 0.15) is 12.4 Å². The van der Waals surface area contributed by atoms with E-state index >= 15 is 0 Å². The van der Waals surface area contributed by atoms with Gasteiger partial charge in [0.2, 0.25) is 0 Å². The van der Waals surface area contributed by atoms with Gasteiger partial charge in [0.05, 0.1) is 25.7 Å². The molecule has 1 atom stereocenters. The fraction of sp³-hybridized carbons (Fsp3) is 0.636. The molecule has 2 saturated heterocycles. The van der Waals surface area contributed by atoms with Crippen molar-refractivity contribution in [3.63, 3.8) is 0 Å². The maximum absolute atomic E-state index is 13.2. The van der Waals surface area contributed by atoms with Gasteiger partial charge in [-0.15, -0.1) is 0 Å². The molecule has 2 aliphatic heterocycles. The van der Waals surface area contributed by atoms with E-state index in [9.17, 15) is 13.2 Å². The first-order valence-electron chi connectivity index (χ1n) is 11.6. The highest BCUT2D eigenvalue weighted by molar-refractivity contribution is 5.83. The van der Waals surface area contributed by atoms with Crippen molar-refractivity contribution in [3.8, 4) is 0 Å². The summed E-state index contributed by atoms with van der Waals surface area (Å²) in [4.78, 5) is 18.2. The minimum Gasteiger partial charge on any atom is -0.378 e. The Labute approximate surface area is 195 Å². The molecule has 1 unspecified atom stereocenters. The van der Waals surface area contributed by atoms with Crippen molar-refractivity contribution >= 4 is 17.0 Å². The Hall–Kier alpha value is -2.73. The summed E-state index contributed by atoms with van der Waals surface area (Å²) in [7, 11) is 1.93. The number of anilines is 1. The van der Waals surface area contributed by atoms with Gasteiger partial charge < -0.3 is 14.2 Å². The number of ether oxygens (including phenoxy) is 1. The molecule has 3 aromatic heterocycles. The van der Waals surface area contributed by atoms with E-state index < -0.39 is 12.7 Å². The summed E-state index contributed by atoms with van der Waals surface area (Å²) in [5.74, 6) is 1.22. The zero-order valence-corrected chi connectivity index (χ0v) is 19.4. The lowest BCUT2D eigenvalue weighted by molar-refractivity contribution is -0.140. The molecule has 3 aromatic rings. The molecule has 0 radical (unpaired) electrons. The zero-order chi connectivity index (χ0) is 23.9. The number of hydrogen-bond acceptors (Lipinski definition) is 7. The van der Waals surface area contributed by atoms with E-state index in [4.69, 9.17) is 9.72 Å². The normalized spacial score (nSPS) is 20.4. The maximum atomic E-state index is 13.2. The van der Waals surface area contributed by atoms with Crippen LogP contribution in [0.2, 0.25) is 0 Å². The van der Waals surface area contributed by atoms with Gasteiger partial charge in [-0.05, 0) is 26.3 Å². The monoisotopic (exact) mass is 478 g/mol. The number of aryl methyl sites for hydroxylation is 1. The Bertz CT molecular complexity index is 1150. The van der Waals surface area contributed by atoms with Crippen LogP contribution < -0.4 is 4.90 Å². The first kappa shape index (κ1) is 23.0. The van der Waals surface area contributed by atoms with Crippen LogP contribution in [0.3, 0.4) is 0 Å². The molecule has 0 N–H and O–H groups in total. The van der Waals surface area contributed by atoms with Gasteiger partial charge in [-0.25, -0.2) is 15.0 Å². The van der Waals surface area contributed by atoms with Crippen LogP contribution in [-0.2, 0) is 24.9 Å². The summed E-state index contributed by atoms with van der Waals surface area (Å²) in [6, 6.07) is 0. The number of fused-ring (bicyclic) bond motifs is 1. The highest BCUT2D eigenvalue weighted by Gasteiger charge is 2.32. The smallest absolute Gasteiger partial charge is 0.378 e. The fourth-order valence-corrected chi connectivity index (χ4v) is 4.78. The Balaban J connectivity index is 1.47. The molecule has 5 heterocycles. The predicted octanol–water partition coefficient (Wildman–Crippen LogP) is 2.65. The molecule has 0 aromatic carbocycles. The molecule has 5 rings (SSSR count). The summed E-state index contributed by atoms with van der Waals surface area (Å²) in [6.07, 6.45) is 0.623. The van der Waals surface area contributed by atoms with Crippen molar-refractivity contribution in [1.82, 2.24) is 34.2 Å². The third-order valence-corrected chi connectivity index (χ3v) is 6.72. The molecule has 0 bridgehead atoms. The van der Waals surface area contributed by atoms with Crippen LogP contribution in [0.25, 0.3) is 11.2 Å². The molecule has 9 nitrogen and oxygen atoms in total. The Morgan fingerprint density at radius 2 is 1.94 bits per heavy atom. The van der Waals surface area contributed by atoms with Gasteiger partial charge in [-0.3, -0.25) is 9.58 Å². The summed E-state index contributed by atoms with van der Waals surface area (Å²) < 4.78 is 48.1. The summed E-state index contributed by atoms with van der Waals surface area (Å²) >= 11 is 0. The average molecular weight is 479 g/mol. The molecule has 0 saturated carbocycles. The lowest BCUT2D eigenvalue weighted by atomic mass is 9.96. The number of alkyl halides is 3. The van der Waals surface area contributed by atoms with Gasteiger partial charge in [-0.2, -0.15) is 18.3 Å². The van der Waals surface area contributed by atoms with Crippen LogP contribution >= 0.6 is 0 Å². The molecule has 34 heavy (non-hydrogen) atoms. The number of morpholine rings is 1. The highest BCUT2D eigenvalue weighted by atomic mass is 19.4. The number of imidazole rings is 1. The molecule has 0 amide bonds. The van der Waals surface area contributed by atoms with E-state index in [1.54, 1.807) is 0 Å². The lowest BCUT2D eigenvalue weighted by Crippen LogP contribution is -2.38. The van der Waals surface area contributed by atoms with Crippen molar-refractivity contribution in [2.75, 3.05) is 44.3 Å². The third-order valence-electron chi connectivity index (χ3n) is 6.72. The number of hydrogen-bond donors (Lipinski definition) is 0. The van der Waals surface area contributed by atoms with Crippen molar-refractivity contribution in [1.29, 1.82) is 0 Å². The van der Waals surface area contributed by atoms with Crippen molar-refractivity contribution in [2.45, 2.75) is 44.9 Å². The number of likely N-dealkylation sites (tertiary alicyclic amines) is 1. The minimum atomic E-state index is -4.36. The van der Waals surface area contributed by atoms with Gasteiger partial charge in [-0.1, -0.05) is 0 Å². The first-order chi connectivity index (χ1) is 16.3. The lowest BCUT2D eigenvalue weighted by Gasteiger charge is -2.33. The molecule has 2 aliphatic rings. The largest absolute Gasteiger partial charge is 0.406 e. The number of nitrogens with zero attached hydrogens (tertiary/aromatic N) is 8. The summed E-state index contributed by atoms with van der Waals surface area (Å²) in [6.45, 7) is 5.74. The fourth-order valence-electron chi connectivity index (χ4n) is 4.78. The topological polar surface area (TPSA) is 77.1 Å². The summed E-state index contributed by atoms with van der Waals surface area (Å²) in [5.41, 5.74) is 2.96. The molecule has 0 spiro atoms. The molecular weight excluding hydrogens is 449 g/mol. The second-order valence-electron chi connectivity index (χ2n) is 9.12. The van der Waals surface area contributed by atoms with E-state index in [1.807, 2.05) is 22.8 Å². The minimum absolute atomic E-state index is 0.0316. The van der Waals surface area contributed by atoms with Crippen LogP contribution in [0.4, 0.5) is 19.0 Å². The second-order valence-corrected chi connectivity index (χ2v) is 9.12. The SMILES string of the molecule is Cc1c(CN2CCCC(c3nc(N4CCOCC4)c4ncn(CC(F)(F)F)c4n3)C2)cnn1C. The maximum Gasteiger partial charge on any atom is 0.406 e. The summed E-state index contributed by atoms with van der Waals surface area (Å²) in [5, 5.41) is 4.34. The first-order valence-corrected chi connectivity index (χ1v) is 11.6. The Morgan fingerprint density at radius 1 is 1.15 bits per heavy atom. The van der Waals surface area contributed by atoms with Gasteiger partial charge in [0.15, 0.2) is 17.0 Å². The highest BCUT2D eigenvalue weighted by Crippen LogP contribution is 2.31. The van der Waals surface area contributed by atoms with Crippen LogP contribution in [-0.4, -0.2) is 79.8 Å². The van der Waals surface area contributed by atoms with Gasteiger partial charge >= 0.3 is 6.18 Å². The van der Waals surface area contributed by atoms with E-state index in [1.165, 1.54) is 11.9 Å². The third kappa shape index (κ3) is 4.74. The van der Waals surface area contributed by atoms with Crippen molar-refractivity contribution in [3.05, 3.63) is 29.6 Å². The average Bonchev–Trinajstić information content (AvgIpc) is 3.36. The molecular formula is C22H29F3N8O. The molecule has 0 aliphatic carbocycles. The second kappa shape index (κ2) is 9.14.